The molecule has 1 atom stereocenters. The van der Waals surface area contributed by atoms with Gasteiger partial charge in [0.2, 0.25) is 5.76 Å². The van der Waals surface area contributed by atoms with E-state index in [4.69, 9.17) is 16.0 Å². The van der Waals surface area contributed by atoms with Crippen molar-refractivity contribution in [3.8, 4) is 0 Å². The first-order chi connectivity index (χ1) is 15.3. The minimum absolute atomic E-state index is 0.0270. The van der Waals surface area contributed by atoms with Crippen molar-refractivity contribution in [2.75, 3.05) is 26.2 Å². The zero-order chi connectivity index (χ0) is 23.0. The van der Waals surface area contributed by atoms with Gasteiger partial charge in [0.15, 0.2) is 5.43 Å². The van der Waals surface area contributed by atoms with Crippen LogP contribution in [0.1, 0.15) is 41.6 Å². The molecular weight excluding hydrogens is 434 g/mol. The summed E-state index contributed by atoms with van der Waals surface area (Å²) in [5.41, 5.74) is 0.471. The van der Waals surface area contributed by atoms with E-state index in [-0.39, 0.29) is 33.4 Å². The first kappa shape index (κ1) is 22.0. The number of nitro groups is 1. The van der Waals surface area contributed by atoms with E-state index >= 15 is 0 Å². The summed E-state index contributed by atoms with van der Waals surface area (Å²) in [7, 11) is 0. The third-order valence-electron chi connectivity index (χ3n) is 5.88. The minimum atomic E-state index is -0.785. The van der Waals surface area contributed by atoms with Crippen LogP contribution in [0.3, 0.4) is 0 Å². The zero-order valence-electron chi connectivity index (χ0n) is 17.7. The molecule has 1 aromatic heterocycles. The van der Waals surface area contributed by atoms with Crippen molar-refractivity contribution in [3.63, 3.8) is 0 Å². The standard InChI is InChI=1S/C23H22ClN3O5/c1-3-25(4-2)10-11-26-20(14-6-5-7-16(12-14)27(30)31)19-21(28)17-13-15(24)8-9-18(17)32-22(19)23(26)29/h5-9,12-13,20H,3-4,10-11H2,1-2H3/t20-/m0/s1. The van der Waals surface area contributed by atoms with E-state index in [1.165, 1.54) is 18.2 Å². The fraction of sp³-hybridized carbons (Fsp3) is 0.304. The highest BCUT2D eigenvalue weighted by atomic mass is 35.5. The maximum absolute atomic E-state index is 13.5. The van der Waals surface area contributed by atoms with Gasteiger partial charge in [-0.3, -0.25) is 19.7 Å². The molecule has 0 unspecified atom stereocenters. The monoisotopic (exact) mass is 455 g/mol. The van der Waals surface area contributed by atoms with E-state index in [9.17, 15) is 19.7 Å². The summed E-state index contributed by atoms with van der Waals surface area (Å²) < 4.78 is 5.87. The van der Waals surface area contributed by atoms with Gasteiger partial charge in [-0.05, 0) is 36.9 Å². The van der Waals surface area contributed by atoms with E-state index in [1.54, 1.807) is 29.2 Å². The summed E-state index contributed by atoms with van der Waals surface area (Å²) >= 11 is 6.09. The van der Waals surface area contributed by atoms with E-state index in [0.29, 0.717) is 23.7 Å². The quantitative estimate of drug-likeness (QED) is 0.390. The van der Waals surface area contributed by atoms with Gasteiger partial charge in [-0.25, -0.2) is 0 Å². The summed E-state index contributed by atoms with van der Waals surface area (Å²) in [6.07, 6.45) is 0. The first-order valence-corrected chi connectivity index (χ1v) is 10.8. The average molecular weight is 456 g/mol. The number of nitrogens with zero attached hydrogens (tertiary/aromatic N) is 3. The highest BCUT2D eigenvalue weighted by Crippen LogP contribution is 2.39. The van der Waals surface area contributed by atoms with Crippen molar-refractivity contribution in [1.82, 2.24) is 9.80 Å². The molecule has 0 saturated heterocycles. The topological polar surface area (TPSA) is 96.9 Å². The van der Waals surface area contributed by atoms with Crippen molar-refractivity contribution in [1.29, 1.82) is 0 Å². The number of nitro benzene ring substituents is 1. The van der Waals surface area contributed by atoms with Crippen LogP contribution in [0, 0.1) is 10.1 Å². The summed E-state index contributed by atoms with van der Waals surface area (Å²) in [6, 6.07) is 9.90. The van der Waals surface area contributed by atoms with Crippen LogP contribution in [0.2, 0.25) is 5.02 Å². The molecule has 0 radical (unpaired) electrons. The first-order valence-electron chi connectivity index (χ1n) is 10.4. The second kappa shape index (κ2) is 8.72. The molecule has 0 fully saturated rings. The maximum Gasteiger partial charge on any atom is 0.290 e. The lowest BCUT2D eigenvalue weighted by atomic mass is 9.98. The number of non-ortho nitro benzene ring substituents is 1. The zero-order valence-corrected chi connectivity index (χ0v) is 18.5. The lowest BCUT2D eigenvalue weighted by molar-refractivity contribution is -0.384. The number of carbonyl (C=O) groups excluding carboxylic acids is 1. The Labute approximate surface area is 189 Å². The Hall–Kier alpha value is -3.23. The predicted molar refractivity (Wildman–Crippen MR) is 121 cm³/mol. The molecule has 1 amide bonds. The molecule has 0 spiro atoms. The number of hydrogen-bond donors (Lipinski definition) is 0. The molecule has 32 heavy (non-hydrogen) atoms. The fourth-order valence-corrected chi connectivity index (χ4v) is 4.34. The summed E-state index contributed by atoms with van der Waals surface area (Å²) in [6.45, 7) is 6.62. The third-order valence-corrected chi connectivity index (χ3v) is 6.11. The molecule has 4 rings (SSSR count). The number of benzene rings is 2. The normalized spacial score (nSPS) is 15.6. The van der Waals surface area contributed by atoms with Crippen molar-refractivity contribution in [2.45, 2.75) is 19.9 Å². The maximum atomic E-state index is 13.5. The summed E-state index contributed by atoms with van der Waals surface area (Å²) in [5.74, 6) is -0.432. The number of carbonyl (C=O) groups is 1. The molecule has 0 N–H and O–H groups in total. The molecule has 3 aromatic rings. The number of rotatable bonds is 7. The van der Waals surface area contributed by atoms with Crippen LogP contribution in [0.4, 0.5) is 5.69 Å². The number of hydrogen-bond acceptors (Lipinski definition) is 6. The predicted octanol–water partition coefficient (Wildman–Crippen LogP) is 4.24. The number of amides is 1. The minimum Gasteiger partial charge on any atom is -0.450 e. The van der Waals surface area contributed by atoms with Crippen LogP contribution in [-0.2, 0) is 0 Å². The molecule has 9 heteroatoms. The molecular formula is C23H22ClN3O5. The van der Waals surface area contributed by atoms with Crippen LogP contribution in [0.5, 0.6) is 0 Å². The molecule has 0 bridgehead atoms. The molecule has 2 aromatic carbocycles. The number of halogens is 1. The van der Waals surface area contributed by atoms with Gasteiger partial charge < -0.3 is 14.2 Å². The molecule has 0 aliphatic carbocycles. The van der Waals surface area contributed by atoms with Gasteiger partial charge in [0, 0.05) is 30.2 Å². The Morgan fingerprint density at radius 1 is 1.16 bits per heavy atom. The average Bonchev–Trinajstić information content (AvgIpc) is 3.07. The SMILES string of the molecule is CCN(CC)CCN1C(=O)c2oc3ccc(Cl)cc3c(=O)c2[C@@H]1c1cccc([N+](=O)[O-])c1. The van der Waals surface area contributed by atoms with Gasteiger partial charge in [0.05, 0.1) is 21.9 Å². The van der Waals surface area contributed by atoms with Gasteiger partial charge in [-0.1, -0.05) is 37.6 Å². The molecule has 1 aliphatic rings. The second-order valence-corrected chi connectivity index (χ2v) is 8.03. The van der Waals surface area contributed by atoms with E-state index in [1.807, 2.05) is 13.8 Å². The lowest BCUT2D eigenvalue weighted by Gasteiger charge is -2.28. The van der Waals surface area contributed by atoms with Crippen LogP contribution < -0.4 is 5.43 Å². The number of likely N-dealkylation sites (N-methyl/N-ethyl adjacent to an activating group) is 1. The fourth-order valence-electron chi connectivity index (χ4n) is 4.17. The Balaban J connectivity index is 1.90. The van der Waals surface area contributed by atoms with E-state index in [0.717, 1.165) is 13.1 Å². The Bertz CT molecular complexity index is 1270. The van der Waals surface area contributed by atoms with Crippen LogP contribution in [-0.4, -0.2) is 46.8 Å². The number of fused-ring (bicyclic) bond motifs is 2. The molecule has 1 aliphatic heterocycles. The van der Waals surface area contributed by atoms with Crippen molar-refractivity contribution in [2.24, 2.45) is 0 Å². The van der Waals surface area contributed by atoms with Gasteiger partial charge >= 0.3 is 0 Å². The third kappa shape index (κ3) is 3.76. The molecule has 2 heterocycles. The second-order valence-electron chi connectivity index (χ2n) is 7.59. The highest BCUT2D eigenvalue weighted by molar-refractivity contribution is 6.31. The van der Waals surface area contributed by atoms with Crippen molar-refractivity contribution < 1.29 is 14.1 Å². The van der Waals surface area contributed by atoms with E-state index < -0.39 is 16.9 Å². The van der Waals surface area contributed by atoms with Gasteiger partial charge in [0.1, 0.15) is 5.58 Å². The smallest absolute Gasteiger partial charge is 0.290 e. The van der Waals surface area contributed by atoms with Gasteiger partial charge in [-0.15, -0.1) is 0 Å². The van der Waals surface area contributed by atoms with Crippen LogP contribution in [0.25, 0.3) is 11.0 Å². The van der Waals surface area contributed by atoms with E-state index in [2.05, 4.69) is 4.90 Å². The summed E-state index contributed by atoms with van der Waals surface area (Å²) in [5, 5.41) is 12.0. The van der Waals surface area contributed by atoms with Crippen LogP contribution >= 0.6 is 11.6 Å². The molecule has 0 saturated carbocycles. The Morgan fingerprint density at radius 3 is 2.59 bits per heavy atom. The Kier molecular flexibility index (Phi) is 5.99. The van der Waals surface area contributed by atoms with Crippen molar-refractivity contribution >= 4 is 34.2 Å². The van der Waals surface area contributed by atoms with Gasteiger partial charge in [-0.2, -0.15) is 0 Å². The van der Waals surface area contributed by atoms with Crippen molar-refractivity contribution in [3.05, 3.63) is 84.7 Å². The largest absolute Gasteiger partial charge is 0.450 e. The molecule has 166 valence electrons. The molecule has 8 nitrogen and oxygen atoms in total. The van der Waals surface area contributed by atoms with Gasteiger partial charge in [0.25, 0.3) is 11.6 Å². The lowest BCUT2D eigenvalue weighted by Crippen LogP contribution is -2.37. The summed E-state index contributed by atoms with van der Waals surface area (Å²) in [4.78, 5) is 41.4. The Morgan fingerprint density at radius 2 is 1.91 bits per heavy atom. The van der Waals surface area contributed by atoms with Crippen LogP contribution in [0.15, 0.2) is 51.7 Å². The highest BCUT2D eigenvalue weighted by Gasteiger charge is 2.43.